The van der Waals surface area contributed by atoms with Crippen molar-refractivity contribution in [2.75, 3.05) is 13.1 Å². The van der Waals surface area contributed by atoms with Crippen LogP contribution in [0.3, 0.4) is 0 Å². The lowest BCUT2D eigenvalue weighted by Crippen LogP contribution is -2.35. The minimum Gasteiger partial charge on any atom is -0.388 e. The number of aliphatic hydroxyl groups excluding tert-OH is 1. The van der Waals surface area contributed by atoms with Crippen LogP contribution in [0.5, 0.6) is 0 Å². The third-order valence-electron chi connectivity index (χ3n) is 4.33. The number of rotatable bonds is 8. The Bertz CT molecular complexity index is 559. The van der Waals surface area contributed by atoms with E-state index in [9.17, 15) is 19.1 Å². The number of halogens is 1. The van der Waals surface area contributed by atoms with Gasteiger partial charge in [0.25, 0.3) is 0 Å². The van der Waals surface area contributed by atoms with E-state index in [4.69, 9.17) is 0 Å². The number of carbonyl (C=O) groups excluding carboxylic acids is 2. The average Bonchev–Trinajstić information content (AvgIpc) is 3.04. The fourth-order valence-corrected chi connectivity index (χ4v) is 3.03. The number of amides is 2. The predicted octanol–water partition coefficient (Wildman–Crippen LogP) is 2.06. The van der Waals surface area contributed by atoms with Gasteiger partial charge in [0.15, 0.2) is 0 Å². The molecular weight excluding hydrogens is 311 g/mol. The molecule has 1 aromatic carbocycles. The molecule has 132 valence electrons. The molecule has 0 heterocycles. The smallest absolute Gasteiger partial charge is 0.223 e. The van der Waals surface area contributed by atoms with E-state index in [-0.39, 0.29) is 18.2 Å². The molecule has 5 nitrogen and oxygen atoms in total. The maximum atomic E-state index is 13.1. The molecule has 1 unspecified atom stereocenters. The Kier molecular flexibility index (Phi) is 7.18. The Morgan fingerprint density at radius 3 is 2.50 bits per heavy atom. The summed E-state index contributed by atoms with van der Waals surface area (Å²) in [4.78, 5) is 23.5. The van der Waals surface area contributed by atoms with Crippen molar-refractivity contribution in [2.45, 2.75) is 44.6 Å². The predicted molar refractivity (Wildman–Crippen MR) is 88.6 cm³/mol. The van der Waals surface area contributed by atoms with Crippen molar-refractivity contribution in [3.8, 4) is 0 Å². The summed E-state index contributed by atoms with van der Waals surface area (Å²) in [5.74, 6) is -0.259. The van der Waals surface area contributed by atoms with Crippen molar-refractivity contribution in [1.82, 2.24) is 10.6 Å². The molecule has 0 saturated heterocycles. The van der Waals surface area contributed by atoms with Crippen LogP contribution in [-0.4, -0.2) is 30.0 Å². The zero-order valence-electron chi connectivity index (χ0n) is 13.8. The summed E-state index contributed by atoms with van der Waals surface area (Å²) >= 11 is 0. The van der Waals surface area contributed by atoms with Crippen molar-refractivity contribution in [1.29, 1.82) is 0 Å². The van der Waals surface area contributed by atoms with E-state index in [1.807, 2.05) is 0 Å². The molecule has 3 N–H and O–H groups in total. The molecule has 1 aromatic rings. The van der Waals surface area contributed by atoms with Crippen LogP contribution in [0.1, 0.15) is 50.2 Å². The number of carbonyl (C=O) groups is 2. The molecule has 1 aliphatic carbocycles. The van der Waals surface area contributed by atoms with Gasteiger partial charge in [0.2, 0.25) is 11.8 Å². The Morgan fingerprint density at radius 1 is 1.17 bits per heavy atom. The minimum atomic E-state index is -1.04. The first-order valence-electron chi connectivity index (χ1n) is 8.51. The van der Waals surface area contributed by atoms with E-state index < -0.39 is 11.9 Å². The van der Waals surface area contributed by atoms with Crippen LogP contribution < -0.4 is 10.6 Å². The summed E-state index contributed by atoms with van der Waals surface area (Å²) in [6, 6.07) is 5.56. The van der Waals surface area contributed by atoms with Crippen molar-refractivity contribution in [3.05, 3.63) is 35.6 Å². The highest BCUT2D eigenvalue weighted by molar-refractivity contribution is 5.77. The topological polar surface area (TPSA) is 78.4 Å². The van der Waals surface area contributed by atoms with Gasteiger partial charge in [-0.2, -0.15) is 0 Å². The molecule has 1 saturated carbocycles. The van der Waals surface area contributed by atoms with Gasteiger partial charge in [0.1, 0.15) is 5.82 Å². The first-order valence-corrected chi connectivity index (χ1v) is 8.51. The second kappa shape index (κ2) is 9.37. The highest BCUT2D eigenvalue weighted by Crippen LogP contribution is 2.27. The summed E-state index contributed by atoms with van der Waals surface area (Å²) < 4.78 is 13.1. The molecule has 1 atom stereocenters. The van der Waals surface area contributed by atoms with Gasteiger partial charge in [-0.05, 0) is 36.5 Å². The van der Waals surface area contributed by atoms with Crippen LogP contribution in [-0.2, 0) is 9.59 Å². The second-order valence-electron chi connectivity index (χ2n) is 6.33. The van der Waals surface area contributed by atoms with Crippen molar-refractivity contribution < 1.29 is 19.1 Å². The summed E-state index contributed by atoms with van der Waals surface area (Å²) in [6.07, 6.45) is 4.05. The first kappa shape index (κ1) is 18.4. The van der Waals surface area contributed by atoms with E-state index >= 15 is 0 Å². The summed E-state index contributed by atoms with van der Waals surface area (Å²) in [7, 11) is 0. The molecule has 1 fully saturated rings. The van der Waals surface area contributed by atoms with Crippen LogP contribution in [0, 0.1) is 11.7 Å². The third-order valence-corrected chi connectivity index (χ3v) is 4.33. The SMILES string of the molecule is O=C(CC1CCCC1)NCCNC(=O)CC(O)c1cccc(F)c1. The van der Waals surface area contributed by atoms with E-state index in [0.717, 1.165) is 12.8 Å². The number of aliphatic hydroxyl groups is 1. The summed E-state index contributed by atoms with van der Waals surface area (Å²) in [6.45, 7) is 0.679. The molecule has 0 aliphatic heterocycles. The minimum absolute atomic E-state index is 0.0240. The van der Waals surface area contributed by atoms with Gasteiger partial charge in [-0.15, -0.1) is 0 Å². The van der Waals surface area contributed by atoms with Crippen LogP contribution in [0.25, 0.3) is 0 Å². The van der Waals surface area contributed by atoms with Gasteiger partial charge in [-0.3, -0.25) is 9.59 Å². The number of benzene rings is 1. The molecule has 2 amide bonds. The van der Waals surface area contributed by atoms with Gasteiger partial charge < -0.3 is 15.7 Å². The maximum Gasteiger partial charge on any atom is 0.223 e. The Morgan fingerprint density at radius 2 is 1.83 bits per heavy atom. The largest absolute Gasteiger partial charge is 0.388 e. The lowest BCUT2D eigenvalue weighted by Gasteiger charge is -2.12. The van der Waals surface area contributed by atoms with E-state index in [0.29, 0.717) is 31.0 Å². The third kappa shape index (κ3) is 6.28. The number of hydrogen-bond acceptors (Lipinski definition) is 3. The van der Waals surface area contributed by atoms with Crippen LogP contribution in [0.2, 0.25) is 0 Å². The quantitative estimate of drug-likeness (QED) is 0.636. The molecule has 0 spiro atoms. The zero-order chi connectivity index (χ0) is 17.4. The van der Waals surface area contributed by atoms with Crippen LogP contribution in [0.4, 0.5) is 4.39 Å². The molecule has 0 bridgehead atoms. The lowest BCUT2D eigenvalue weighted by atomic mass is 10.0. The van der Waals surface area contributed by atoms with Gasteiger partial charge >= 0.3 is 0 Å². The van der Waals surface area contributed by atoms with Crippen LogP contribution >= 0.6 is 0 Å². The highest BCUT2D eigenvalue weighted by Gasteiger charge is 2.18. The van der Waals surface area contributed by atoms with Crippen molar-refractivity contribution >= 4 is 11.8 Å². The summed E-state index contributed by atoms with van der Waals surface area (Å²) in [5.41, 5.74) is 0.370. The Labute approximate surface area is 141 Å². The number of nitrogens with one attached hydrogen (secondary N) is 2. The van der Waals surface area contributed by atoms with Crippen molar-refractivity contribution in [3.63, 3.8) is 0 Å². The maximum absolute atomic E-state index is 13.1. The highest BCUT2D eigenvalue weighted by atomic mass is 19.1. The van der Waals surface area contributed by atoms with E-state index in [1.54, 1.807) is 6.07 Å². The Hall–Kier alpha value is -1.95. The monoisotopic (exact) mass is 336 g/mol. The van der Waals surface area contributed by atoms with E-state index in [1.165, 1.54) is 31.0 Å². The zero-order valence-corrected chi connectivity index (χ0v) is 13.8. The van der Waals surface area contributed by atoms with Crippen LogP contribution in [0.15, 0.2) is 24.3 Å². The normalized spacial score (nSPS) is 15.9. The lowest BCUT2D eigenvalue weighted by molar-refractivity contribution is -0.124. The standard InChI is InChI=1S/C18H25FN2O3/c19-15-7-3-6-14(11-15)16(22)12-18(24)21-9-8-20-17(23)10-13-4-1-2-5-13/h3,6-7,11,13,16,22H,1-2,4-5,8-10,12H2,(H,20,23)(H,21,24). The van der Waals surface area contributed by atoms with Crippen molar-refractivity contribution in [2.24, 2.45) is 5.92 Å². The molecule has 1 aliphatic rings. The van der Waals surface area contributed by atoms with Gasteiger partial charge in [-0.25, -0.2) is 4.39 Å². The fraction of sp³-hybridized carbons (Fsp3) is 0.556. The molecule has 24 heavy (non-hydrogen) atoms. The van der Waals surface area contributed by atoms with E-state index in [2.05, 4.69) is 10.6 Å². The van der Waals surface area contributed by atoms with Gasteiger partial charge in [-0.1, -0.05) is 25.0 Å². The molecule has 2 rings (SSSR count). The molecule has 0 aromatic heterocycles. The average molecular weight is 336 g/mol. The van der Waals surface area contributed by atoms with Gasteiger partial charge in [0, 0.05) is 19.5 Å². The second-order valence-corrected chi connectivity index (χ2v) is 6.33. The molecule has 6 heteroatoms. The summed E-state index contributed by atoms with van der Waals surface area (Å²) in [5, 5.41) is 15.4. The first-order chi connectivity index (χ1) is 11.5. The Balaban J connectivity index is 1.60. The fourth-order valence-electron chi connectivity index (χ4n) is 3.03. The number of hydrogen-bond donors (Lipinski definition) is 3. The molecular formula is C18H25FN2O3. The van der Waals surface area contributed by atoms with Gasteiger partial charge in [0.05, 0.1) is 12.5 Å². The molecule has 0 radical (unpaired) electrons.